The fraction of sp³-hybridized carbons (Fsp3) is 0.500. The first-order valence-corrected chi connectivity index (χ1v) is 5.21. The van der Waals surface area contributed by atoms with E-state index in [9.17, 15) is 4.79 Å². The minimum absolute atomic E-state index is 0.224. The van der Waals surface area contributed by atoms with Gasteiger partial charge < -0.3 is 5.32 Å². The standard InChI is InChI=1S/C8H13N3OS/c1-2-3-4-9-7(12)11-8-10-5-6-13-8/h3-4H,2,5-6H2,1H3,(H2,9,10,11,12)/b4-3+. The van der Waals surface area contributed by atoms with Crippen LogP contribution in [0.4, 0.5) is 4.79 Å². The van der Waals surface area contributed by atoms with Crippen LogP contribution in [0.1, 0.15) is 13.3 Å². The van der Waals surface area contributed by atoms with Crippen molar-refractivity contribution in [2.75, 3.05) is 12.3 Å². The molecule has 1 aliphatic heterocycles. The van der Waals surface area contributed by atoms with Gasteiger partial charge in [0.2, 0.25) is 0 Å². The summed E-state index contributed by atoms with van der Waals surface area (Å²) in [5.41, 5.74) is 0. The Balaban J connectivity index is 2.20. The van der Waals surface area contributed by atoms with Crippen LogP contribution in [0.15, 0.2) is 17.3 Å². The van der Waals surface area contributed by atoms with Crippen molar-refractivity contribution in [2.24, 2.45) is 4.99 Å². The second-order valence-corrected chi connectivity index (χ2v) is 3.53. The monoisotopic (exact) mass is 199 g/mol. The summed E-state index contributed by atoms with van der Waals surface area (Å²) >= 11 is 1.56. The summed E-state index contributed by atoms with van der Waals surface area (Å²) in [4.78, 5) is 15.2. The molecule has 0 aromatic rings. The molecule has 0 saturated carbocycles. The van der Waals surface area contributed by atoms with Crippen LogP contribution < -0.4 is 10.6 Å². The highest BCUT2D eigenvalue weighted by atomic mass is 32.2. The van der Waals surface area contributed by atoms with Crippen molar-refractivity contribution in [3.8, 4) is 0 Å². The van der Waals surface area contributed by atoms with Crippen molar-refractivity contribution in [1.82, 2.24) is 10.6 Å². The minimum atomic E-state index is -0.224. The number of amidine groups is 1. The number of nitrogens with one attached hydrogen (secondary N) is 2. The molecule has 5 heteroatoms. The molecule has 0 spiro atoms. The molecule has 0 fully saturated rings. The van der Waals surface area contributed by atoms with E-state index in [1.54, 1.807) is 18.0 Å². The van der Waals surface area contributed by atoms with E-state index in [-0.39, 0.29) is 6.03 Å². The zero-order chi connectivity index (χ0) is 9.52. The third kappa shape index (κ3) is 3.98. The van der Waals surface area contributed by atoms with Gasteiger partial charge in [0, 0.05) is 12.0 Å². The van der Waals surface area contributed by atoms with E-state index in [2.05, 4.69) is 15.6 Å². The zero-order valence-electron chi connectivity index (χ0n) is 7.54. The summed E-state index contributed by atoms with van der Waals surface area (Å²) < 4.78 is 0. The first-order chi connectivity index (χ1) is 6.33. The first-order valence-electron chi connectivity index (χ1n) is 4.22. The third-order valence-electron chi connectivity index (χ3n) is 1.37. The van der Waals surface area contributed by atoms with Crippen LogP contribution in [0.5, 0.6) is 0 Å². The van der Waals surface area contributed by atoms with Gasteiger partial charge >= 0.3 is 6.03 Å². The maximum Gasteiger partial charge on any atom is 0.324 e. The molecule has 0 aromatic carbocycles. The second-order valence-electron chi connectivity index (χ2n) is 2.44. The number of urea groups is 1. The van der Waals surface area contributed by atoms with Gasteiger partial charge in [0.25, 0.3) is 0 Å². The molecule has 0 saturated heterocycles. The third-order valence-corrected chi connectivity index (χ3v) is 2.27. The molecule has 1 aliphatic rings. The van der Waals surface area contributed by atoms with E-state index in [0.29, 0.717) is 5.17 Å². The Labute approximate surface area is 81.9 Å². The van der Waals surface area contributed by atoms with Gasteiger partial charge in [-0.2, -0.15) is 0 Å². The molecule has 0 bridgehead atoms. The number of aliphatic imine (C=N–C) groups is 1. The molecule has 0 radical (unpaired) electrons. The lowest BCUT2D eigenvalue weighted by Gasteiger charge is -2.01. The topological polar surface area (TPSA) is 53.5 Å². The molecule has 0 unspecified atom stereocenters. The number of allylic oxidation sites excluding steroid dienone is 1. The maximum absolute atomic E-state index is 11.1. The fourth-order valence-corrected chi connectivity index (χ4v) is 1.52. The number of hydrogen-bond donors (Lipinski definition) is 2. The number of thioether (sulfide) groups is 1. The molecular formula is C8H13N3OS. The lowest BCUT2D eigenvalue weighted by molar-refractivity contribution is 0.248. The van der Waals surface area contributed by atoms with Crippen molar-refractivity contribution in [3.05, 3.63) is 12.3 Å². The SMILES string of the molecule is CC/C=C/NC(=O)NC1=NCCS1. The Kier molecular flexibility index (Phi) is 4.39. The van der Waals surface area contributed by atoms with Gasteiger partial charge in [-0.3, -0.25) is 10.3 Å². The summed E-state index contributed by atoms with van der Waals surface area (Å²) in [6, 6.07) is -0.224. The van der Waals surface area contributed by atoms with Crippen molar-refractivity contribution in [3.63, 3.8) is 0 Å². The average Bonchev–Trinajstić information content (AvgIpc) is 2.57. The number of hydrogen-bond acceptors (Lipinski definition) is 3. The Morgan fingerprint density at radius 2 is 2.62 bits per heavy atom. The molecule has 2 N–H and O–H groups in total. The van der Waals surface area contributed by atoms with Gasteiger partial charge in [0.15, 0.2) is 5.17 Å². The van der Waals surface area contributed by atoms with Crippen LogP contribution in [-0.2, 0) is 0 Å². The van der Waals surface area contributed by atoms with E-state index in [1.807, 2.05) is 13.0 Å². The lowest BCUT2D eigenvalue weighted by atomic mass is 10.5. The van der Waals surface area contributed by atoms with E-state index >= 15 is 0 Å². The molecule has 1 rings (SSSR count). The molecule has 1 heterocycles. The highest BCUT2D eigenvalue weighted by molar-refractivity contribution is 8.14. The Morgan fingerprint density at radius 3 is 3.23 bits per heavy atom. The number of nitrogens with zero attached hydrogens (tertiary/aromatic N) is 1. The number of carbonyl (C=O) groups excluding carboxylic acids is 1. The van der Waals surface area contributed by atoms with Crippen molar-refractivity contribution < 1.29 is 4.79 Å². The van der Waals surface area contributed by atoms with Crippen LogP contribution in [0.25, 0.3) is 0 Å². The lowest BCUT2D eigenvalue weighted by Crippen LogP contribution is -2.34. The quantitative estimate of drug-likeness (QED) is 0.704. The summed E-state index contributed by atoms with van der Waals surface area (Å²) in [6.45, 7) is 2.80. The number of amides is 2. The number of rotatable bonds is 2. The summed E-state index contributed by atoms with van der Waals surface area (Å²) in [6.07, 6.45) is 4.43. The van der Waals surface area contributed by atoms with Gasteiger partial charge in [-0.15, -0.1) is 0 Å². The molecule has 13 heavy (non-hydrogen) atoms. The van der Waals surface area contributed by atoms with Gasteiger partial charge in [0.1, 0.15) is 0 Å². The Morgan fingerprint density at radius 1 is 1.77 bits per heavy atom. The van der Waals surface area contributed by atoms with Gasteiger partial charge in [-0.1, -0.05) is 24.8 Å². The van der Waals surface area contributed by atoms with E-state index < -0.39 is 0 Å². The predicted molar refractivity (Wildman–Crippen MR) is 55.9 cm³/mol. The fourth-order valence-electron chi connectivity index (χ4n) is 0.796. The largest absolute Gasteiger partial charge is 0.324 e. The van der Waals surface area contributed by atoms with Gasteiger partial charge in [-0.05, 0) is 6.42 Å². The molecular weight excluding hydrogens is 186 g/mol. The average molecular weight is 199 g/mol. The van der Waals surface area contributed by atoms with E-state index in [0.717, 1.165) is 18.7 Å². The smallest absolute Gasteiger partial charge is 0.315 e. The summed E-state index contributed by atoms with van der Waals surface area (Å²) in [7, 11) is 0. The van der Waals surface area contributed by atoms with Crippen molar-refractivity contribution in [2.45, 2.75) is 13.3 Å². The predicted octanol–water partition coefficient (Wildman–Crippen LogP) is 1.31. The van der Waals surface area contributed by atoms with Crippen LogP contribution in [0, 0.1) is 0 Å². The van der Waals surface area contributed by atoms with Crippen LogP contribution in [0.2, 0.25) is 0 Å². The summed E-state index contributed by atoms with van der Waals surface area (Å²) in [5.74, 6) is 0.959. The molecule has 0 aliphatic carbocycles. The summed E-state index contributed by atoms with van der Waals surface area (Å²) in [5, 5.41) is 5.95. The first kappa shape index (κ1) is 10.1. The van der Waals surface area contributed by atoms with Gasteiger partial charge in [0.05, 0.1) is 6.54 Å². The van der Waals surface area contributed by atoms with Crippen molar-refractivity contribution >= 4 is 23.0 Å². The van der Waals surface area contributed by atoms with Crippen molar-refractivity contribution in [1.29, 1.82) is 0 Å². The molecule has 0 aromatic heterocycles. The van der Waals surface area contributed by atoms with Crippen LogP contribution in [0.3, 0.4) is 0 Å². The minimum Gasteiger partial charge on any atom is -0.315 e. The van der Waals surface area contributed by atoms with Crippen LogP contribution in [-0.4, -0.2) is 23.5 Å². The molecule has 0 atom stereocenters. The highest BCUT2D eigenvalue weighted by Crippen LogP contribution is 2.08. The van der Waals surface area contributed by atoms with E-state index in [1.165, 1.54) is 0 Å². The van der Waals surface area contributed by atoms with Gasteiger partial charge in [-0.25, -0.2) is 4.79 Å². The normalized spacial score (nSPS) is 15.9. The molecule has 72 valence electrons. The zero-order valence-corrected chi connectivity index (χ0v) is 8.36. The molecule has 2 amide bonds. The number of carbonyl (C=O) groups is 1. The van der Waals surface area contributed by atoms with E-state index in [4.69, 9.17) is 0 Å². The van der Waals surface area contributed by atoms with Crippen LogP contribution >= 0.6 is 11.8 Å². The molecule has 4 nitrogen and oxygen atoms in total. The maximum atomic E-state index is 11.1. The Hall–Kier alpha value is -0.970. The Bertz CT molecular complexity index is 238. The highest BCUT2D eigenvalue weighted by Gasteiger charge is 2.08. The second kappa shape index (κ2) is 5.64.